The van der Waals surface area contributed by atoms with Crippen LogP contribution in [0.15, 0.2) is 30.5 Å². The molecule has 1 aromatic carbocycles. The average Bonchev–Trinajstić information content (AvgIpc) is 2.93. The summed E-state index contributed by atoms with van der Waals surface area (Å²) in [7, 11) is 0. The molecule has 2 rings (SSSR count). The largest absolute Gasteiger partial charge is 0.487 e. The van der Waals surface area contributed by atoms with Crippen molar-refractivity contribution >= 4 is 11.6 Å². The van der Waals surface area contributed by atoms with Gasteiger partial charge in [-0.15, -0.1) is 0 Å². The second-order valence-corrected chi connectivity index (χ2v) is 5.23. The van der Waals surface area contributed by atoms with Gasteiger partial charge in [0.2, 0.25) is 0 Å². The number of hydrogen-bond donors (Lipinski definition) is 1. The Morgan fingerprint density at radius 1 is 1.40 bits per heavy atom. The van der Waals surface area contributed by atoms with E-state index in [9.17, 15) is 0 Å². The summed E-state index contributed by atoms with van der Waals surface area (Å²) in [4.78, 5) is 0. The molecule has 2 N–H and O–H groups in total. The van der Waals surface area contributed by atoms with E-state index in [1.807, 2.05) is 29.1 Å². The molecule has 20 heavy (non-hydrogen) atoms. The molecule has 1 aromatic heterocycles. The maximum Gasteiger partial charge on any atom is 0.132 e. The van der Waals surface area contributed by atoms with Gasteiger partial charge in [-0.1, -0.05) is 18.5 Å². The van der Waals surface area contributed by atoms with E-state index in [1.165, 1.54) is 0 Å². The fourth-order valence-corrected chi connectivity index (χ4v) is 2.08. The summed E-state index contributed by atoms with van der Waals surface area (Å²) in [5.74, 6) is 0.759. The molecule has 0 aliphatic heterocycles. The van der Waals surface area contributed by atoms with Crippen LogP contribution in [0, 0.1) is 0 Å². The second kappa shape index (κ2) is 6.77. The molecule has 0 amide bonds. The van der Waals surface area contributed by atoms with Crippen molar-refractivity contribution in [1.29, 1.82) is 0 Å². The van der Waals surface area contributed by atoms with Crippen LogP contribution in [0.3, 0.4) is 0 Å². The van der Waals surface area contributed by atoms with Crippen LogP contribution in [0.25, 0.3) is 0 Å². The summed E-state index contributed by atoms with van der Waals surface area (Å²) in [6.45, 7) is 5.11. The zero-order chi connectivity index (χ0) is 14.5. The van der Waals surface area contributed by atoms with E-state index in [4.69, 9.17) is 22.1 Å². The highest BCUT2D eigenvalue weighted by Gasteiger charge is 2.07. The van der Waals surface area contributed by atoms with Gasteiger partial charge < -0.3 is 10.5 Å². The van der Waals surface area contributed by atoms with E-state index in [-0.39, 0.29) is 0 Å². The van der Waals surface area contributed by atoms with Crippen molar-refractivity contribution in [2.24, 2.45) is 5.73 Å². The van der Waals surface area contributed by atoms with E-state index in [0.717, 1.165) is 23.4 Å². The Morgan fingerprint density at radius 2 is 2.20 bits per heavy atom. The van der Waals surface area contributed by atoms with Gasteiger partial charge in [0.1, 0.15) is 12.4 Å². The maximum absolute atomic E-state index is 5.94. The molecule has 0 saturated heterocycles. The van der Waals surface area contributed by atoms with E-state index < -0.39 is 0 Å². The van der Waals surface area contributed by atoms with Crippen molar-refractivity contribution in [3.05, 3.63) is 46.7 Å². The van der Waals surface area contributed by atoms with Crippen molar-refractivity contribution < 1.29 is 4.74 Å². The van der Waals surface area contributed by atoms with Crippen LogP contribution < -0.4 is 10.5 Å². The van der Waals surface area contributed by atoms with Crippen molar-refractivity contribution in [2.45, 2.75) is 39.5 Å². The first kappa shape index (κ1) is 14.9. The van der Waals surface area contributed by atoms with Crippen LogP contribution in [-0.2, 0) is 13.2 Å². The molecule has 2 aromatic rings. The molecule has 0 bridgehead atoms. The van der Waals surface area contributed by atoms with Gasteiger partial charge in [-0.25, -0.2) is 0 Å². The Morgan fingerprint density at radius 3 is 2.90 bits per heavy atom. The predicted molar refractivity (Wildman–Crippen MR) is 80.9 cm³/mol. The van der Waals surface area contributed by atoms with Crippen LogP contribution in [0.4, 0.5) is 0 Å². The van der Waals surface area contributed by atoms with Crippen LogP contribution in [0.5, 0.6) is 5.75 Å². The van der Waals surface area contributed by atoms with E-state index in [0.29, 0.717) is 24.2 Å². The highest BCUT2D eigenvalue weighted by atomic mass is 35.5. The zero-order valence-corrected chi connectivity index (χ0v) is 12.6. The lowest BCUT2D eigenvalue weighted by atomic mass is 10.2. The van der Waals surface area contributed by atoms with Gasteiger partial charge in [-0.05, 0) is 37.6 Å². The third-order valence-electron chi connectivity index (χ3n) is 3.32. The van der Waals surface area contributed by atoms with Crippen LogP contribution in [-0.4, -0.2) is 9.78 Å². The number of rotatable bonds is 6. The van der Waals surface area contributed by atoms with Gasteiger partial charge >= 0.3 is 0 Å². The molecular weight excluding hydrogens is 274 g/mol. The van der Waals surface area contributed by atoms with Gasteiger partial charge in [-0.3, -0.25) is 4.68 Å². The fourth-order valence-electron chi connectivity index (χ4n) is 1.89. The standard InChI is InChI=1S/C15H20ClN3O/c1-3-11(2)19-7-6-14(18-19)10-20-15-5-4-13(16)8-12(15)9-17/h4-8,11H,3,9-10,17H2,1-2H3. The van der Waals surface area contributed by atoms with Crippen LogP contribution in [0.1, 0.15) is 37.6 Å². The fraction of sp³-hybridized carbons (Fsp3) is 0.400. The number of halogens is 1. The highest BCUT2D eigenvalue weighted by Crippen LogP contribution is 2.23. The Bertz CT molecular complexity index is 568. The molecule has 4 nitrogen and oxygen atoms in total. The Labute approximate surface area is 124 Å². The van der Waals surface area contributed by atoms with Crippen molar-refractivity contribution in [3.8, 4) is 5.75 Å². The Kier molecular flexibility index (Phi) is 5.04. The van der Waals surface area contributed by atoms with Crippen molar-refractivity contribution in [3.63, 3.8) is 0 Å². The zero-order valence-electron chi connectivity index (χ0n) is 11.8. The first-order valence-corrected chi connectivity index (χ1v) is 7.17. The monoisotopic (exact) mass is 293 g/mol. The number of ether oxygens (including phenoxy) is 1. The molecule has 1 unspecified atom stereocenters. The molecule has 0 aliphatic carbocycles. The summed E-state index contributed by atoms with van der Waals surface area (Å²) in [6.07, 6.45) is 3.04. The molecule has 1 heterocycles. The smallest absolute Gasteiger partial charge is 0.132 e. The first-order chi connectivity index (χ1) is 9.63. The highest BCUT2D eigenvalue weighted by molar-refractivity contribution is 6.30. The molecule has 0 spiro atoms. The number of benzene rings is 1. The minimum Gasteiger partial charge on any atom is -0.487 e. The molecule has 108 valence electrons. The van der Waals surface area contributed by atoms with Gasteiger partial charge in [0, 0.05) is 29.4 Å². The number of hydrogen-bond acceptors (Lipinski definition) is 3. The summed E-state index contributed by atoms with van der Waals surface area (Å²) in [6, 6.07) is 7.85. The molecule has 0 fully saturated rings. The maximum atomic E-state index is 5.94. The van der Waals surface area contributed by atoms with E-state index in [2.05, 4.69) is 18.9 Å². The Hall–Kier alpha value is -1.52. The third kappa shape index (κ3) is 3.52. The van der Waals surface area contributed by atoms with E-state index >= 15 is 0 Å². The molecular formula is C15H20ClN3O. The minimum absolute atomic E-state index is 0.400. The average molecular weight is 294 g/mol. The Balaban J connectivity index is 2.03. The topological polar surface area (TPSA) is 53.1 Å². The lowest BCUT2D eigenvalue weighted by Gasteiger charge is -2.10. The van der Waals surface area contributed by atoms with Gasteiger partial charge in [-0.2, -0.15) is 5.10 Å². The van der Waals surface area contributed by atoms with Crippen molar-refractivity contribution in [2.75, 3.05) is 0 Å². The molecule has 0 aliphatic rings. The molecule has 5 heteroatoms. The number of aromatic nitrogens is 2. The lowest BCUT2D eigenvalue weighted by Crippen LogP contribution is -2.06. The van der Waals surface area contributed by atoms with Gasteiger partial charge in [0.15, 0.2) is 0 Å². The molecule has 1 atom stereocenters. The number of nitrogens with two attached hydrogens (primary N) is 1. The third-order valence-corrected chi connectivity index (χ3v) is 3.56. The number of nitrogens with zero attached hydrogens (tertiary/aromatic N) is 2. The van der Waals surface area contributed by atoms with Crippen molar-refractivity contribution in [1.82, 2.24) is 9.78 Å². The van der Waals surface area contributed by atoms with E-state index in [1.54, 1.807) is 6.07 Å². The summed E-state index contributed by atoms with van der Waals surface area (Å²) >= 11 is 5.94. The van der Waals surface area contributed by atoms with Crippen LogP contribution >= 0.6 is 11.6 Å². The minimum atomic E-state index is 0.400. The second-order valence-electron chi connectivity index (χ2n) is 4.79. The van der Waals surface area contributed by atoms with Crippen LogP contribution in [0.2, 0.25) is 5.02 Å². The first-order valence-electron chi connectivity index (χ1n) is 6.79. The lowest BCUT2D eigenvalue weighted by molar-refractivity contribution is 0.295. The predicted octanol–water partition coefficient (Wildman–Crippen LogP) is 3.55. The van der Waals surface area contributed by atoms with Gasteiger partial charge in [0.25, 0.3) is 0 Å². The SMILES string of the molecule is CCC(C)n1ccc(COc2ccc(Cl)cc2CN)n1. The summed E-state index contributed by atoms with van der Waals surface area (Å²) in [5, 5.41) is 5.17. The molecule has 0 saturated carbocycles. The molecule has 0 radical (unpaired) electrons. The summed E-state index contributed by atoms with van der Waals surface area (Å²) in [5.41, 5.74) is 7.50. The quantitative estimate of drug-likeness (QED) is 0.886. The summed E-state index contributed by atoms with van der Waals surface area (Å²) < 4.78 is 7.74. The normalized spacial score (nSPS) is 12.4. The van der Waals surface area contributed by atoms with Gasteiger partial charge in [0.05, 0.1) is 5.69 Å².